The van der Waals surface area contributed by atoms with Crippen molar-refractivity contribution >= 4 is 11.6 Å². The van der Waals surface area contributed by atoms with E-state index in [0.29, 0.717) is 31.0 Å². The number of carbonyl (C=O) groups is 1. The number of aryl methyl sites for hydroxylation is 1. The van der Waals surface area contributed by atoms with Crippen LogP contribution in [0.3, 0.4) is 0 Å². The minimum absolute atomic E-state index is 0.0131. The highest BCUT2D eigenvalue weighted by atomic mass is 16.6. The summed E-state index contributed by atoms with van der Waals surface area (Å²) in [6.07, 6.45) is -0.722. The second-order valence-electron chi connectivity index (χ2n) is 4.80. The van der Waals surface area contributed by atoms with E-state index in [-0.39, 0.29) is 18.1 Å². The van der Waals surface area contributed by atoms with Crippen LogP contribution in [-0.2, 0) is 11.3 Å². The van der Waals surface area contributed by atoms with Gasteiger partial charge in [-0.1, -0.05) is 0 Å². The van der Waals surface area contributed by atoms with E-state index in [1.807, 2.05) is 0 Å². The molecule has 1 atom stereocenters. The summed E-state index contributed by atoms with van der Waals surface area (Å²) in [6.45, 7) is 6.11. The number of aromatic nitrogens is 2. The van der Waals surface area contributed by atoms with Gasteiger partial charge in [0.1, 0.15) is 11.4 Å². The quantitative estimate of drug-likeness (QED) is 0.338. The second kappa shape index (κ2) is 7.70. The number of hydrogen-bond donors (Lipinski definition) is 3. The molecule has 21 heavy (non-hydrogen) atoms. The zero-order chi connectivity index (χ0) is 16.0. The van der Waals surface area contributed by atoms with Crippen LogP contribution in [-0.4, -0.2) is 51.5 Å². The van der Waals surface area contributed by atoms with E-state index >= 15 is 0 Å². The van der Waals surface area contributed by atoms with Gasteiger partial charge in [-0.25, -0.2) is 0 Å². The van der Waals surface area contributed by atoms with E-state index in [0.717, 1.165) is 0 Å². The van der Waals surface area contributed by atoms with Crippen LogP contribution in [0.25, 0.3) is 0 Å². The first-order valence-electron chi connectivity index (χ1n) is 6.64. The van der Waals surface area contributed by atoms with Gasteiger partial charge in [0.15, 0.2) is 0 Å². The Morgan fingerprint density at radius 3 is 2.67 bits per heavy atom. The summed E-state index contributed by atoms with van der Waals surface area (Å²) in [5, 5.41) is 30.5. The minimum atomic E-state index is -0.722. The SMILES string of the molecule is CC(=O)NCCNCC(O)Cn1nc(C)c([N+](=O)[O-])c1C. The fourth-order valence-electron chi connectivity index (χ4n) is 1.99. The van der Waals surface area contributed by atoms with Gasteiger partial charge in [0.2, 0.25) is 5.91 Å². The summed E-state index contributed by atoms with van der Waals surface area (Å²) in [5.41, 5.74) is 0.749. The molecule has 0 radical (unpaired) electrons. The van der Waals surface area contributed by atoms with Gasteiger partial charge in [-0.3, -0.25) is 19.6 Å². The van der Waals surface area contributed by atoms with E-state index in [1.165, 1.54) is 11.6 Å². The van der Waals surface area contributed by atoms with Crippen LogP contribution < -0.4 is 10.6 Å². The van der Waals surface area contributed by atoms with Crippen LogP contribution in [0.1, 0.15) is 18.3 Å². The Hall–Kier alpha value is -2.00. The molecular weight excluding hydrogens is 278 g/mol. The highest BCUT2D eigenvalue weighted by Gasteiger charge is 2.22. The van der Waals surface area contributed by atoms with Crippen LogP contribution in [0.15, 0.2) is 0 Å². The molecule has 0 saturated heterocycles. The molecule has 0 aliphatic carbocycles. The molecule has 0 aliphatic heterocycles. The third-order valence-corrected chi connectivity index (χ3v) is 2.97. The van der Waals surface area contributed by atoms with Crippen LogP contribution in [0.4, 0.5) is 5.69 Å². The first-order chi connectivity index (χ1) is 9.82. The molecule has 1 amide bonds. The van der Waals surface area contributed by atoms with Gasteiger partial charge in [0.05, 0.1) is 17.6 Å². The van der Waals surface area contributed by atoms with Gasteiger partial charge in [-0.15, -0.1) is 0 Å². The summed E-state index contributed by atoms with van der Waals surface area (Å²) in [7, 11) is 0. The van der Waals surface area contributed by atoms with Crippen LogP contribution in [0.2, 0.25) is 0 Å². The topological polar surface area (TPSA) is 122 Å². The summed E-state index contributed by atoms with van der Waals surface area (Å²) in [4.78, 5) is 21.1. The summed E-state index contributed by atoms with van der Waals surface area (Å²) in [6, 6.07) is 0. The molecule has 0 aromatic carbocycles. The maximum atomic E-state index is 10.9. The molecule has 0 bridgehead atoms. The zero-order valence-electron chi connectivity index (χ0n) is 12.4. The van der Waals surface area contributed by atoms with Gasteiger partial charge in [-0.05, 0) is 13.8 Å². The Morgan fingerprint density at radius 1 is 1.48 bits per heavy atom. The number of amides is 1. The Labute approximate surface area is 122 Å². The Kier molecular flexibility index (Phi) is 6.25. The largest absolute Gasteiger partial charge is 0.390 e. The monoisotopic (exact) mass is 299 g/mol. The Balaban J connectivity index is 2.45. The summed E-state index contributed by atoms with van der Waals surface area (Å²) < 4.78 is 1.44. The van der Waals surface area contributed by atoms with E-state index in [2.05, 4.69) is 15.7 Å². The van der Waals surface area contributed by atoms with Crippen molar-refractivity contribution in [3.8, 4) is 0 Å². The van der Waals surface area contributed by atoms with Crippen LogP contribution in [0, 0.1) is 24.0 Å². The number of nitrogens with one attached hydrogen (secondary N) is 2. The van der Waals surface area contributed by atoms with Crippen LogP contribution >= 0.6 is 0 Å². The van der Waals surface area contributed by atoms with Crippen molar-refractivity contribution < 1.29 is 14.8 Å². The van der Waals surface area contributed by atoms with Crippen molar-refractivity contribution in [1.82, 2.24) is 20.4 Å². The predicted molar refractivity (Wildman–Crippen MR) is 75.9 cm³/mol. The van der Waals surface area contributed by atoms with Gasteiger partial charge in [0.25, 0.3) is 0 Å². The van der Waals surface area contributed by atoms with Crippen LogP contribution in [0.5, 0.6) is 0 Å². The van der Waals surface area contributed by atoms with Gasteiger partial charge in [-0.2, -0.15) is 5.10 Å². The third kappa shape index (κ3) is 5.12. The van der Waals surface area contributed by atoms with Gasteiger partial charge >= 0.3 is 5.69 Å². The maximum Gasteiger partial charge on any atom is 0.312 e. The predicted octanol–water partition coefficient (Wildman–Crippen LogP) is -0.505. The molecule has 1 rings (SSSR count). The lowest BCUT2D eigenvalue weighted by atomic mass is 10.3. The lowest BCUT2D eigenvalue weighted by molar-refractivity contribution is -0.386. The van der Waals surface area contributed by atoms with Crippen molar-refractivity contribution in [1.29, 1.82) is 0 Å². The molecule has 0 aliphatic rings. The van der Waals surface area contributed by atoms with Gasteiger partial charge < -0.3 is 15.7 Å². The fraction of sp³-hybridized carbons (Fsp3) is 0.667. The molecule has 9 heteroatoms. The molecule has 1 unspecified atom stereocenters. The number of carbonyl (C=O) groups excluding carboxylic acids is 1. The van der Waals surface area contributed by atoms with Crippen molar-refractivity contribution in [3.63, 3.8) is 0 Å². The molecule has 3 N–H and O–H groups in total. The lowest BCUT2D eigenvalue weighted by Crippen LogP contribution is -2.36. The van der Waals surface area contributed by atoms with E-state index in [9.17, 15) is 20.0 Å². The molecule has 1 heterocycles. The zero-order valence-corrected chi connectivity index (χ0v) is 12.4. The average molecular weight is 299 g/mol. The molecule has 0 fully saturated rings. The Morgan fingerprint density at radius 2 is 2.14 bits per heavy atom. The second-order valence-corrected chi connectivity index (χ2v) is 4.80. The van der Waals surface area contributed by atoms with Crippen molar-refractivity contribution in [3.05, 3.63) is 21.5 Å². The fourth-order valence-corrected chi connectivity index (χ4v) is 1.99. The number of hydrogen-bond acceptors (Lipinski definition) is 6. The number of rotatable bonds is 8. The minimum Gasteiger partial charge on any atom is -0.390 e. The molecule has 9 nitrogen and oxygen atoms in total. The van der Waals surface area contributed by atoms with Crippen molar-refractivity contribution in [2.24, 2.45) is 0 Å². The van der Waals surface area contributed by atoms with E-state index in [4.69, 9.17) is 0 Å². The first-order valence-corrected chi connectivity index (χ1v) is 6.64. The van der Waals surface area contributed by atoms with Crippen molar-refractivity contribution in [2.45, 2.75) is 33.4 Å². The number of nitrogens with zero attached hydrogens (tertiary/aromatic N) is 3. The third-order valence-electron chi connectivity index (χ3n) is 2.97. The molecular formula is C12H21N5O4. The maximum absolute atomic E-state index is 10.9. The number of nitro groups is 1. The van der Waals surface area contributed by atoms with E-state index < -0.39 is 11.0 Å². The van der Waals surface area contributed by atoms with E-state index in [1.54, 1.807) is 13.8 Å². The molecule has 0 spiro atoms. The van der Waals surface area contributed by atoms with Gasteiger partial charge in [0, 0.05) is 26.6 Å². The highest BCUT2D eigenvalue weighted by molar-refractivity contribution is 5.72. The summed E-state index contributed by atoms with van der Waals surface area (Å²) >= 11 is 0. The highest BCUT2D eigenvalue weighted by Crippen LogP contribution is 2.21. The van der Waals surface area contributed by atoms with Crippen molar-refractivity contribution in [2.75, 3.05) is 19.6 Å². The molecule has 0 saturated carbocycles. The number of aliphatic hydroxyl groups excluding tert-OH is 1. The smallest absolute Gasteiger partial charge is 0.312 e. The molecule has 1 aromatic rings. The lowest BCUT2D eigenvalue weighted by Gasteiger charge is -2.12. The Bertz CT molecular complexity index is 514. The number of aliphatic hydroxyl groups is 1. The molecule has 1 aromatic heterocycles. The average Bonchev–Trinajstić information content (AvgIpc) is 2.63. The first kappa shape index (κ1) is 17.1. The molecule has 118 valence electrons. The normalized spacial score (nSPS) is 12.2. The standard InChI is InChI=1S/C12H21N5O4/c1-8-12(17(20)21)9(2)16(15-8)7-11(19)6-13-4-5-14-10(3)18/h11,13,19H,4-7H2,1-3H3,(H,14,18). The summed E-state index contributed by atoms with van der Waals surface area (Å²) in [5.74, 6) is -0.104.